The number of nitrogens with zero attached hydrogens (tertiary/aromatic N) is 4. The van der Waals surface area contributed by atoms with E-state index in [-0.39, 0.29) is 23.4 Å². The van der Waals surface area contributed by atoms with Crippen molar-refractivity contribution in [1.29, 1.82) is 0 Å². The van der Waals surface area contributed by atoms with Crippen LogP contribution in [0.3, 0.4) is 0 Å². The van der Waals surface area contributed by atoms with Gasteiger partial charge in [-0.25, -0.2) is 14.6 Å². The highest BCUT2D eigenvalue weighted by atomic mass is 32.1. The summed E-state index contributed by atoms with van der Waals surface area (Å²) in [6.45, 7) is 3.63. The normalized spacial score (nSPS) is 15.3. The highest BCUT2D eigenvalue weighted by Gasteiger charge is 2.35. The summed E-state index contributed by atoms with van der Waals surface area (Å²) < 4.78 is 21.5. The van der Waals surface area contributed by atoms with Gasteiger partial charge in [0.2, 0.25) is 0 Å². The maximum Gasteiger partial charge on any atom is 0.338 e. The molecule has 0 fully saturated rings. The molecule has 0 spiro atoms. The highest BCUT2D eigenvalue weighted by Crippen LogP contribution is 2.37. The Labute approximate surface area is 227 Å². The first-order valence-electron chi connectivity index (χ1n) is 12.3. The quantitative estimate of drug-likeness (QED) is 0.342. The summed E-state index contributed by atoms with van der Waals surface area (Å²) >= 11 is 1.22. The van der Waals surface area contributed by atoms with Gasteiger partial charge in [-0.15, -0.1) is 0 Å². The van der Waals surface area contributed by atoms with Gasteiger partial charge in [0.1, 0.15) is 17.5 Å². The number of aryl methyl sites for hydroxylation is 2. The van der Waals surface area contributed by atoms with Crippen LogP contribution in [0.5, 0.6) is 11.5 Å². The van der Waals surface area contributed by atoms with Gasteiger partial charge in [-0.05, 0) is 55.8 Å². The van der Waals surface area contributed by atoms with Crippen molar-refractivity contribution in [3.63, 3.8) is 0 Å². The Morgan fingerprint density at radius 1 is 1.05 bits per heavy atom. The summed E-state index contributed by atoms with van der Waals surface area (Å²) in [4.78, 5) is 44.6. The highest BCUT2D eigenvalue weighted by molar-refractivity contribution is 7.07. The van der Waals surface area contributed by atoms with E-state index < -0.39 is 12.0 Å². The van der Waals surface area contributed by atoms with Crippen molar-refractivity contribution in [3.8, 4) is 11.5 Å². The zero-order valence-electron chi connectivity index (χ0n) is 22.5. The van der Waals surface area contributed by atoms with E-state index in [2.05, 4.69) is 4.99 Å². The standard InChI is InChI=1S/C28H28N4O6S/c1-7-38-26(34)23-15(2)29-27-32(24(23)18-14-17(36-5)9-11-21(18)37-6)25(33)22(39-27)13-16-8-10-19-20(12-16)31(4)28(35)30(19)3/h8-14,24H,7H2,1-6H3/t24-/m0/s1. The maximum absolute atomic E-state index is 14.0. The number of hydrogen-bond acceptors (Lipinski definition) is 8. The van der Waals surface area contributed by atoms with Crippen LogP contribution in [0.4, 0.5) is 0 Å². The van der Waals surface area contributed by atoms with Gasteiger partial charge in [-0.3, -0.25) is 18.5 Å². The second-order valence-electron chi connectivity index (χ2n) is 9.06. The lowest BCUT2D eigenvalue weighted by Crippen LogP contribution is -2.40. The minimum absolute atomic E-state index is 0.129. The molecule has 11 heteroatoms. The number of hydrogen-bond donors (Lipinski definition) is 0. The number of aromatic nitrogens is 3. The number of carbonyl (C=O) groups is 1. The van der Waals surface area contributed by atoms with Crippen LogP contribution in [-0.4, -0.2) is 40.5 Å². The number of carbonyl (C=O) groups excluding carboxylic acids is 1. The number of thiazole rings is 1. The number of methoxy groups -OCH3 is 2. The predicted molar refractivity (Wildman–Crippen MR) is 148 cm³/mol. The van der Waals surface area contributed by atoms with E-state index in [1.807, 2.05) is 18.2 Å². The van der Waals surface area contributed by atoms with Gasteiger partial charge in [0.15, 0.2) is 4.80 Å². The zero-order chi connectivity index (χ0) is 28.0. The second-order valence-corrected chi connectivity index (χ2v) is 10.1. The summed E-state index contributed by atoms with van der Waals surface area (Å²) in [6.07, 6.45) is 1.77. The molecule has 202 valence electrons. The molecule has 4 aromatic rings. The van der Waals surface area contributed by atoms with Crippen LogP contribution in [-0.2, 0) is 23.6 Å². The Morgan fingerprint density at radius 2 is 1.79 bits per heavy atom. The van der Waals surface area contributed by atoms with E-state index >= 15 is 0 Å². The molecule has 0 radical (unpaired) electrons. The SMILES string of the molecule is CCOC(=O)C1=C(C)N=c2sc(=Cc3ccc4c(c3)n(C)c(=O)n4C)c(=O)n2[C@H]1c1cc(OC)ccc1OC. The molecule has 0 saturated carbocycles. The van der Waals surface area contributed by atoms with Crippen LogP contribution < -0.4 is 30.1 Å². The summed E-state index contributed by atoms with van der Waals surface area (Å²) in [5.74, 6) is 0.480. The van der Waals surface area contributed by atoms with Crippen LogP contribution in [0, 0.1) is 0 Å². The Morgan fingerprint density at radius 3 is 2.49 bits per heavy atom. The molecule has 10 nitrogen and oxygen atoms in total. The number of rotatable bonds is 6. The molecule has 1 aliphatic rings. The van der Waals surface area contributed by atoms with Crippen LogP contribution in [0.1, 0.15) is 31.0 Å². The first kappa shape index (κ1) is 26.2. The van der Waals surface area contributed by atoms with E-state index in [9.17, 15) is 14.4 Å². The van der Waals surface area contributed by atoms with E-state index in [0.29, 0.717) is 32.1 Å². The molecule has 5 rings (SSSR count). The molecule has 1 aliphatic heterocycles. The number of ether oxygens (including phenoxy) is 3. The average molecular weight is 549 g/mol. The van der Waals surface area contributed by atoms with Gasteiger partial charge in [-0.1, -0.05) is 17.4 Å². The molecular formula is C28H28N4O6S. The van der Waals surface area contributed by atoms with E-state index in [1.165, 1.54) is 23.0 Å². The lowest BCUT2D eigenvalue weighted by Gasteiger charge is -2.26. The average Bonchev–Trinajstić information content (AvgIpc) is 3.34. The van der Waals surface area contributed by atoms with Crippen molar-refractivity contribution in [1.82, 2.24) is 13.7 Å². The van der Waals surface area contributed by atoms with Crippen LogP contribution in [0.2, 0.25) is 0 Å². The van der Waals surface area contributed by atoms with Gasteiger partial charge in [-0.2, -0.15) is 0 Å². The van der Waals surface area contributed by atoms with Gasteiger partial charge in [0, 0.05) is 19.7 Å². The molecule has 3 heterocycles. The molecule has 0 N–H and O–H groups in total. The van der Waals surface area contributed by atoms with E-state index in [0.717, 1.165) is 16.6 Å². The molecule has 2 aromatic carbocycles. The minimum atomic E-state index is -0.843. The fourth-order valence-electron chi connectivity index (χ4n) is 4.90. The maximum atomic E-state index is 14.0. The second kappa shape index (κ2) is 10.1. The fraction of sp³-hybridized carbons (Fsp3) is 0.286. The fourth-order valence-corrected chi connectivity index (χ4v) is 5.95. The summed E-state index contributed by atoms with van der Waals surface area (Å²) in [5.41, 5.74) is 3.14. The van der Waals surface area contributed by atoms with Crippen molar-refractivity contribution in [2.45, 2.75) is 19.9 Å². The molecule has 2 aromatic heterocycles. The van der Waals surface area contributed by atoms with Crippen molar-refractivity contribution < 1.29 is 19.0 Å². The number of allylic oxidation sites excluding steroid dienone is 1. The minimum Gasteiger partial charge on any atom is -0.497 e. The lowest BCUT2D eigenvalue weighted by molar-refractivity contribution is -0.139. The van der Waals surface area contributed by atoms with Gasteiger partial charge in [0.05, 0.1) is 47.7 Å². The third-order valence-corrected chi connectivity index (χ3v) is 7.83. The summed E-state index contributed by atoms with van der Waals surface area (Å²) in [5, 5.41) is 0. The van der Waals surface area contributed by atoms with E-state index in [1.54, 1.807) is 68.5 Å². The Bertz CT molecular complexity index is 1910. The topological polar surface area (TPSA) is 106 Å². The first-order valence-corrected chi connectivity index (χ1v) is 13.1. The molecule has 0 amide bonds. The van der Waals surface area contributed by atoms with Gasteiger partial charge in [0.25, 0.3) is 5.56 Å². The molecule has 0 saturated heterocycles. The molecule has 0 aliphatic carbocycles. The van der Waals surface area contributed by atoms with Crippen LogP contribution in [0.25, 0.3) is 17.1 Å². The van der Waals surface area contributed by atoms with Crippen molar-refractivity contribution in [2.24, 2.45) is 19.1 Å². The molecule has 0 bridgehead atoms. The molecular weight excluding hydrogens is 520 g/mol. The Balaban J connectivity index is 1.76. The number of esters is 1. The third kappa shape index (κ3) is 4.28. The third-order valence-electron chi connectivity index (χ3n) is 6.84. The monoisotopic (exact) mass is 548 g/mol. The first-order chi connectivity index (χ1) is 18.7. The van der Waals surface area contributed by atoms with Crippen molar-refractivity contribution >= 4 is 34.4 Å². The number of fused-ring (bicyclic) bond motifs is 2. The van der Waals surface area contributed by atoms with Crippen LogP contribution in [0.15, 0.2) is 62.2 Å². The number of benzene rings is 2. The largest absolute Gasteiger partial charge is 0.497 e. The zero-order valence-corrected chi connectivity index (χ0v) is 23.3. The van der Waals surface area contributed by atoms with Crippen molar-refractivity contribution in [3.05, 3.63) is 89.0 Å². The number of imidazole rings is 1. The summed E-state index contributed by atoms with van der Waals surface area (Å²) in [6, 6.07) is 9.98. The van der Waals surface area contributed by atoms with Gasteiger partial charge < -0.3 is 14.2 Å². The molecule has 39 heavy (non-hydrogen) atoms. The van der Waals surface area contributed by atoms with Crippen LogP contribution >= 0.6 is 11.3 Å². The predicted octanol–water partition coefficient (Wildman–Crippen LogP) is 2.01. The molecule has 1 atom stereocenters. The lowest BCUT2D eigenvalue weighted by atomic mass is 9.94. The van der Waals surface area contributed by atoms with Gasteiger partial charge >= 0.3 is 11.7 Å². The van der Waals surface area contributed by atoms with E-state index in [4.69, 9.17) is 14.2 Å². The summed E-state index contributed by atoms with van der Waals surface area (Å²) in [7, 11) is 6.51. The van der Waals surface area contributed by atoms with Crippen molar-refractivity contribution in [2.75, 3.05) is 20.8 Å². The Hall–Kier alpha value is -4.38. The Kier molecular flexibility index (Phi) is 6.77. The smallest absolute Gasteiger partial charge is 0.338 e. The molecule has 0 unspecified atom stereocenters.